The number of hydrogen-bond donors (Lipinski definition) is 0. The Bertz CT molecular complexity index is 800. The molecule has 0 saturated carbocycles. The molecular formula is C17H12N4O2S2. The van der Waals surface area contributed by atoms with Crippen LogP contribution in [0.25, 0.3) is 0 Å². The fourth-order valence-electron chi connectivity index (χ4n) is 2.80. The molecule has 0 unspecified atom stereocenters. The molecule has 0 fully saturated rings. The third kappa shape index (κ3) is 3.65. The van der Waals surface area contributed by atoms with Gasteiger partial charge in [0.05, 0.1) is 33.7 Å². The third-order valence-corrected chi connectivity index (χ3v) is 5.93. The van der Waals surface area contributed by atoms with Gasteiger partial charge in [-0.3, -0.25) is 9.59 Å². The summed E-state index contributed by atoms with van der Waals surface area (Å²) in [6.07, 6.45) is 0. The average Bonchev–Trinajstić information content (AvgIpc) is 3.24. The SMILES string of the molecule is N#C[C@@H](C1=NC(=O)CS1)C(c1ccccc1)[C@@H](C#N)C1=NC(=O)CS1. The quantitative estimate of drug-likeness (QED) is 0.790. The van der Waals surface area contributed by atoms with Crippen LogP contribution in [0.3, 0.4) is 0 Å². The summed E-state index contributed by atoms with van der Waals surface area (Å²) in [5.74, 6) is -2.18. The molecule has 2 aliphatic heterocycles. The number of nitriles is 2. The first kappa shape index (κ1) is 17.4. The van der Waals surface area contributed by atoms with Crippen LogP contribution < -0.4 is 0 Å². The Morgan fingerprint density at radius 1 is 0.880 bits per heavy atom. The first-order valence-corrected chi connectivity index (χ1v) is 9.43. The van der Waals surface area contributed by atoms with Crippen molar-refractivity contribution >= 4 is 45.4 Å². The van der Waals surface area contributed by atoms with Gasteiger partial charge in [-0.15, -0.1) is 0 Å². The van der Waals surface area contributed by atoms with Crippen molar-refractivity contribution in [2.75, 3.05) is 11.5 Å². The van der Waals surface area contributed by atoms with Gasteiger partial charge >= 0.3 is 0 Å². The summed E-state index contributed by atoms with van der Waals surface area (Å²) in [5.41, 5.74) is 0.783. The lowest BCUT2D eigenvalue weighted by atomic mass is 9.78. The smallest absolute Gasteiger partial charge is 0.256 e. The molecule has 1 aromatic carbocycles. The van der Waals surface area contributed by atoms with Crippen LogP contribution in [0.5, 0.6) is 0 Å². The number of hydrogen-bond acceptors (Lipinski definition) is 6. The Labute approximate surface area is 153 Å². The average molecular weight is 368 g/mol. The molecule has 8 heteroatoms. The van der Waals surface area contributed by atoms with Gasteiger partial charge in [-0.1, -0.05) is 53.9 Å². The van der Waals surface area contributed by atoms with Crippen molar-refractivity contribution in [3.05, 3.63) is 35.9 Å². The van der Waals surface area contributed by atoms with E-state index in [4.69, 9.17) is 0 Å². The Hall–Kier alpha value is -2.42. The molecular weight excluding hydrogens is 356 g/mol. The predicted octanol–water partition coefficient (Wildman–Crippen LogP) is 2.39. The minimum absolute atomic E-state index is 0.209. The number of carbonyl (C=O) groups excluding carboxylic acids is 2. The summed E-state index contributed by atoms with van der Waals surface area (Å²) >= 11 is 2.46. The second-order valence-corrected chi connectivity index (χ2v) is 7.41. The van der Waals surface area contributed by atoms with E-state index in [9.17, 15) is 20.1 Å². The van der Waals surface area contributed by atoms with Crippen molar-refractivity contribution in [3.63, 3.8) is 0 Å². The van der Waals surface area contributed by atoms with E-state index < -0.39 is 17.8 Å². The highest BCUT2D eigenvalue weighted by atomic mass is 32.2. The van der Waals surface area contributed by atoms with Gasteiger partial charge in [-0.2, -0.15) is 10.5 Å². The summed E-state index contributed by atoms with van der Waals surface area (Å²) in [6.45, 7) is 0. The molecule has 1 aromatic rings. The number of benzene rings is 1. The lowest BCUT2D eigenvalue weighted by molar-refractivity contribution is -0.116. The van der Waals surface area contributed by atoms with Crippen LogP contribution in [0.15, 0.2) is 40.3 Å². The molecule has 2 aliphatic rings. The van der Waals surface area contributed by atoms with E-state index in [1.807, 2.05) is 30.3 Å². The fraction of sp³-hybridized carbons (Fsp3) is 0.294. The molecule has 0 radical (unpaired) electrons. The van der Waals surface area contributed by atoms with Gasteiger partial charge in [0.1, 0.15) is 11.8 Å². The summed E-state index contributed by atoms with van der Waals surface area (Å²) in [7, 11) is 0. The molecule has 6 nitrogen and oxygen atoms in total. The van der Waals surface area contributed by atoms with Crippen molar-refractivity contribution in [1.82, 2.24) is 0 Å². The molecule has 0 bridgehead atoms. The highest BCUT2D eigenvalue weighted by Crippen LogP contribution is 2.40. The summed E-state index contributed by atoms with van der Waals surface area (Å²) in [4.78, 5) is 31.0. The maximum Gasteiger partial charge on any atom is 0.256 e. The zero-order chi connectivity index (χ0) is 17.8. The topological polar surface area (TPSA) is 106 Å². The predicted molar refractivity (Wildman–Crippen MR) is 97.2 cm³/mol. The normalized spacial score (nSPS) is 19.2. The van der Waals surface area contributed by atoms with E-state index in [-0.39, 0.29) is 23.3 Å². The molecule has 2 atom stereocenters. The summed E-state index contributed by atoms with van der Waals surface area (Å²) in [5, 5.41) is 20.4. The molecule has 2 heterocycles. The second kappa shape index (κ2) is 7.64. The van der Waals surface area contributed by atoms with Gasteiger partial charge in [0.2, 0.25) is 0 Å². The number of nitrogens with zero attached hydrogens (tertiary/aromatic N) is 4. The molecule has 124 valence electrons. The largest absolute Gasteiger partial charge is 0.272 e. The van der Waals surface area contributed by atoms with E-state index in [1.165, 1.54) is 23.5 Å². The van der Waals surface area contributed by atoms with Crippen molar-refractivity contribution in [2.24, 2.45) is 21.8 Å². The maximum absolute atomic E-state index is 11.5. The Morgan fingerprint density at radius 3 is 1.72 bits per heavy atom. The Morgan fingerprint density at radius 2 is 1.36 bits per heavy atom. The molecule has 25 heavy (non-hydrogen) atoms. The lowest BCUT2D eigenvalue weighted by Gasteiger charge is -2.26. The number of amides is 2. The fourth-order valence-corrected chi connectivity index (χ4v) is 4.56. The van der Waals surface area contributed by atoms with Crippen molar-refractivity contribution < 1.29 is 9.59 Å². The van der Waals surface area contributed by atoms with Gasteiger partial charge in [-0.25, -0.2) is 9.98 Å². The summed E-state index contributed by atoms with van der Waals surface area (Å²) in [6, 6.07) is 13.6. The van der Waals surface area contributed by atoms with Gasteiger partial charge in [0.25, 0.3) is 11.8 Å². The van der Waals surface area contributed by atoms with Gasteiger partial charge < -0.3 is 0 Å². The van der Waals surface area contributed by atoms with Crippen LogP contribution in [0, 0.1) is 34.5 Å². The molecule has 0 N–H and O–H groups in total. The zero-order valence-electron chi connectivity index (χ0n) is 13.0. The monoisotopic (exact) mass is 368 g/mol. The number of thioether (sulfide) groups is 2. The zero-order valence-corrected chi connectivity index (χ0v) is 14.6. The molecule has 0 spiro atoms. The van der Waals surface area contributed by atoms with Crippen LogP contribution in [-0.2, 0) is 9.59 Å². The number of aliphatic imine (C=N–C) groups is 2. The van der Waals surface area contributed by atoms with Crippen molar-refractivity contribution in [2.45, 2.75) is 5.92 Å². The molecule has 0 aromatic heterocycles. The van der Waals surface area contributed by atoms with Crippen molar-refractivity contribution in [3.8, 4) is 12.1 Å². The number of rotatable bonds is 5. The van der Waals surface area contributed by atoms with Crippen LogP contribution in [0.4, 0.5) is 0 Å². The maximum atomic E-state index is 11.5. The minimum atomic E-state index is -0.748. The van der Waals surface area contributed by atoms with Gasteiger partial charge in [-0.05, 0) is 5.56 Å². The standard InChI is InChI=1S/C17H12N4O2S2/c18-6-11(16-20-13(22)8-24-16)15(10-4-2-1-3-5-10)12(7-19)17-21-14(23)9-25-17/h1-5,11-12,15H,8-9H2/t11-,12-/m1/s1. The third-order valence-electron chi connectivity index (χ3n) is 3.87. The summed E-state index contributed by atoms with van der Waals surface area (Å²) < 4.78 is 0. The van der Waals surface area contributed by atoms with E-state index >= 15 is 0 Å². The highest BCUT2D eigenvalue weighted by Gasteiger charge is 2.40. The van der Waals surface area contributed by atoms with Crippen LogP contribution in [0.1, 0.15) is 11.5 Å². The number of carbonyl (C=O) groups is 2. The molecule has 2 amide bonds. The van der Waals surface area contributed by atoms with E-state index in [1.54, 1.807) is 0 Å². The van der Waals surface area contributed by atoms with Crippen LogP contribution in [0.2, 0.25) is 0 Å². The van der Waals surface area contributed by atoms with Gasteiger partial charge in [0.15, 0.2) is 0 Å². The minimum Gasteiger partial charge on any atom is -0.272 e. The molecule has 0 aliphatic carbocycles. The van der Waals surface area contributed by atoms with Crippen LogP contribution in [-0.4, -0.2) is 33.4 Å². The van der Waals surface area contributed by atoms with E-state index in [0.717, 1.165) is 5.56 Å². The van der Waals surface area contributed by atoms with Crippen molar-refractivity contribution in [1.29, 1.82) is 10.5 Å². The van der Waals surface area contributed by atoms with Crippen LogP contribution >= 0.6 is 23.5 Å². The molecule has 3 rings (SSSR count). The Balaban J connectivity index is 2.06. The van der Waals surface area contributed by atoms with Gasteiger partial charge in [0, 0.05) is 5.92 Å². The van der Waals surface area contributed by atoms with E-state index in [2.05, 4.69) is 22.1 Å². The molecule has 0 saturated heterocycles. The highest BCUT2D eigenvalue weighted by molar-refractivity contribution is 8.15. The Kier molecular flexibility index (Phi) is 5.32. The second-order valence-electron chi connectivity index (χ2n) is 5.41. The lowest BCUT2D eigenvalue weighted by Crippen LogP contribution is -2.28. The first-order chi connectivity index (χ1) is 12.1. The first-order valence-electron chi connectivity index (χ1n) is 7.46. The van der Waals surface area contributed by atoms with E-state index in [0.29, 0.717) is 10.1 Å².